The highest BCUT2D eigenvalue weighted by molar-refractivity contribution is 6.34. The molecular weight excluding hydrogens is 279 g/mol. The molecule has 0 atom stereocenters. The van der Waals surface area contributed by atoms with E-state index in [1.165, 1.54) is 6.07 Å². The molecule has 0 saturated heterocycles. The van der Waals surface area contributed by atoms with Crippen molar-refractivity contribution < 1.29 is 9.53 Å². The molecule has 0 aliphatic carbocycles. The zero-order chi connectivity index (χ0) is 16.1. The molecule has 0 aliphatic heterocycles. The Morgan fingerprint density at radius 2 is 2.00 bits per heavy atom. The summed E-state index contributed by atoms with van der Waals surface area (Å²) >= 11 is 0. The van der Waals surface area contributed by atoms with E-state index in [1.807, 2.05) is 13.0 Å². The summed E-state index contributed by atoms with van der Waals surface area (Å²) in [6.45, 7) is 3.55. The van der Waals surface area contributed by atoms with Crippen LogP contribution in [0.1, 0.15) is 11.1 Å². The first kappa shape index (κ1) is 15.8. The lowest BCUT2D eigenvalue weighted by atomic mass is 9.93. The molecule has 5 nitrogen and oxygen atoms in total. The molecule has 0 heterocycles. The fraction of sp³-hybridized carbons (Fsp3) is 0.188. The highest BCUT2D eigenvalue weighted by Gasteiger charge is 2.08. The number of nitrogens with one attached hydrogen (secondary N) is 1. The lowest BCUT2D eigenvalue weighted by molar-refractivity contribution is -0.118. The van der Waals surface area contributed by atoms with E-state index in [2.05, 4.69) is 10.5 Å². The zero-order valence-electron chi connectivity index (χ0n) is 12.4. The van der Waals surface area contributed by atoms with Gasteiger partial charge in [-0.05, 0) is 48.9 Å². The molecule has 2 rings (SSSR count). The third-order valence-electron chi connectivity index (χ3n) is 3.11. The molecule has 2 radical (unpaired) electrons. The summed E-state index contributed by atoms with van der Waals surface area (Å²) in [7, 11) is 5.82. The van der Waals surface area contributed by atoms with Gasteiger partial charge in [-0.2, -0.15) is 0 Å². The van der Waals surface area contributed by atoms with E-state index in [4.69, 9.17) is 12.6 Å². The number of hydrogen-bond donors (Lipinski definition) is 1. The molecule has 0 aromatic heterocycles. The van der Waals surface area contributed by atoms with E-state index in [0.29, 0.717) is 22.6 Å². The van der Waals surface area contributed by atoms with Crippen LogP contribution in [-0.4, -0.2) is 20.4 Å². The second kappa shape index (κ2) is 6.89. The standard InChI is InChI=1S/C16H15BN2O3/c1-10-3-6-15(13(17)7-10)22-9-16(20)18-14-5-4-12(19-21)8-11(14)2/h3-8H,9H2,1-2H3,(H,18,20). The number of nitroso groups, excluding NO2 is 1. The van der Waals surface area contributed by atoms with Crippen molar-refractivity contribution >= 4 is 30.6 Å². The summed E-state index contributed by atoms with van der Waals surface area (Å²) in [5.74, 6) is 0.160. The van der Waals surface area contributed by atoms with Gasteiger partial charge >= 0.3 is 0 Å². The number of amides is 1. The second-order valence-electron chi connectivity index (χ2n) is 4.97. The average Bonchev–Trinajstić information content (AvgIpc) is 2.48. The maximum absolute atomic E-state index is 11.9. The van der Waals surface area contributed by atoms with Crippen LogP contribution in [-0.2, 0) is 4.79 Å². The van der Waals surface area contributed by atoms with E-state index in [1.54, 1.807) is 31.2 Å². The molecule has 6 heteroatoms. The summed E-state index contributed by atoms with van der Waals surface area (Å²) in [6.07, 6.45) is 0. The second-order valence-corrected chi connectivity index (χ2v) is 4.97. The zero-order valence-corrected chi connectivity index (χ0v) is 12.4. The van der Waals surface area contributed by atoms with Crippen molar-refractivity contribution in [3.05, 3.63) is 52.4 Å². The fourth-order valence-electron chi connectivity index (χ4n) is 1.97. The van der Waals surface area contributed by atoms with Gasteiger partial charge in [0.1, 0.15) is 19.3 Å². The summed E-state index contributed by atoms with van der Waals surface area (Å²) in [5.41, 5.74) is 3.19. The smallest absolute Gasteiger partial charge is 0.262 e. The van der Waals surface area contributed by atoms with Crippen LogP contribution < -0.4 is 15.5 Å². The van der Waals surface area contributed by atoms with Crippen LogP contribution in [0.2, 0.25) is 0 Å². The average molecular weight is 294 g/mol. The fourth-order valence-corrected chi connectivity index (χ4v) is 1.97. The minimum Gasteiger partial charge on any atom is -0.484 e. The van der Waals surface area contributed by atoms with Gasteiger partial charge in [0.25, 0.3) is 5.91 Å². The molecule has 1 amide bonds. The SMILES string of the molecule is [B]c1cc(C)ccc1OCC(=O)Nc1ccc(N=O)cc1C. The number of aryl methyl sites for hydroxylation is 2. The molecule has 0 spiro atoms. The van der Waals surface area contributed by atoms with Crippen molar-refractivity contribution in [3.63, 3.8) is 0 Å². The van der Waals surface area contributed by atoms with Crippen LogP contribution in [0.5, 0.6) is 5.75 Å². The largest absolute Gasteiger partial charge is 0.484 e. The van der Waals surface area contributed by atoms with E-state index in [0.717, 1.165) is 11.1 Å². The maximum Gasteiger partial charge on any atom is 0.262 e. The molecule has 1 N–H and O–H groups in total. The number of anilines is 1. The first-order valence-corrected chi connectivity index (χ1v) is 6.72. The molecule has 0 fully saturated rings. The Morgan fingerprint density at radius 3 is 2.64 bits per heavy atom. The minimum atomic E-state index is -0.310. The van der Waals surface area contributed by atoms with Crippen LogP contribution >= 0.6 is 0 Å². The van der Waals surface area contributed by atoms with Crippen LogP contribution in [0.4, 0.5) is 11.4 Å². The van der Waals surface area contributed by atoms with Crippen molar-refractivity contribution in [2.24, 2.45) is 5.18 Å². The Labute approximate surface area is 130 Å². The summed E-state index contributed by atoms with van der Waals surface area (Å²) < 4.78 is 5.40. The van der Waals surface area contributed by atoms with Gasteiger partial charge in [-0.1, -0.05) is 23.2 Å². The normalized spacial score (nSPS) is 10.1. The van der Waals surface area contributed by atoms with Crippen LogP contribution in [0.3, 0.4) is 0 Å². The summed E-state index contributed by atoms with van der Waals surface area (Å²) in [5, 5.41) is 5.56. The van der Waals surface area contributed by atoms with E-state index < -0.39 is 0 Å². The van der Waals surface area contributed by atoms with Gasteiger partial charge in [-0.15, -0.1) is 4.91 Å². The van der Waals surface area contributed by atoms with Gasteiger partial charge in [0.2, 0.25) is 0 Å². The van der Waals surface area contributed by atoms with E-state index in [9.17, 15) is 9.70 Å². The molecule has 2 aromatic carbocycles. The Bertz CT molecular complexity index is 717. The van der Waals surface area contributed by atoms with Gasteiger partial charge < -0.3 is 10.1 Å². The van der Waals surface area contributed by atoms with Gasteiger partial charge in [-0.3, -0.25) is 4.79 Å². The lowest BCUT2D eigenvalue weighted by Crippen LogP contribution is -2.22. The topological polar surface area (TPSA) is 67.8 Å². The third kappa shape index (κ3) is 3.94. The number of benzene rings is 2. The van der Waals surface area contributed by atoms with Crippen molar-refractivity contribution in [1.29, 1.82) is 0 Å². The molecule has 110 valence electrons. The molecule has 2 aromatic rings. The molecular formula is C16H15BN2O3. The quantitative estimate of drug-likeness (QED) is 0.680. The molecule has 0 bridgehead atoms. The monoisotopic (exact) mass is 294 g/mol. The van der Waals surface area contributed by atoms with Crippen LogP contribution in [0.25, 0.3) is 0 Å². The number of rotatable bonds is 5. The number of nitrogens with zero attached hydrogens (tertiary/aromatic N) is 1. The molecule has 0 saturated carbocycles. The van der Waals surface area contributed by atoms with Gasteiger partial charge in [0.05, 0.1) is 0 Å². The molecule has 22 heavy (non-hydrogen) atoms. The van der Waals surface area contributed by atoms with Gasteiger partial charge in [0, 0.05) is 5.69 Å². The number of carbonyl (C=O) groups is 1. The highest BCUT2D eigenvalue weighted by Crippen LogP contribution is 2.21. The van der Waals surface area contributed by atoms with Crippen molar-refractivity contribution in [1.82, 2.24) is 0 Å². The van der Waals surface area contributed by atoms with Crippen molar-refractivity contribution in [3.8, 4) is 5.75 Å². The summed E-state index contributed by atoms with van der Waals surface area (Å²) in [6, 6.07) is 10.1. The Kier molecular flexibility index (Phi) is 4.93. The van der Waals surface area contributed by atoms with Gasteiger partial charge in [-0.25, -0.2) is 0 Å². The van der Waals surface area contributed by atoms with Crippen molar-refractivity contribution in [2.45, 2.75) is 13.8 Å². The number of ether oxygens (including phenoxy) is 1. The molecule has 0 aliphatic rings. The van der Waals surface area contributed by atoms with Crippen molar-refractivity contribution in [2.75, 3.05) is 11.9 Å². The van der Waals surface area contributed by atoms with Crippen LogP contribution in [0.15, 0.2) is 41.6 Å². The Balaban J connectivity index is 1.97. The van der Waals surface area contributed by atoms with E-state index >= 15 is 0 Å². The minimum absolute atomic E-state index is 0.152. The Hall–Kier alpha value is -2.63. The predicted octanol–water partition coefficient (Wildman–Crippen LogP) is 2.51. The Morgan fingerprint density at radius 1 is 1.23 bits per heavy atom. The number of hydrogen-bond acceptors (Lipinski definition) is 4. The lowest BCUT2D eigenvalue weighted by Gasteiger charge is -2.11. The molecule has 0 unspecified atom stereocenters. The first-order valence-electron chi connectivity index (χ1n) is 6.72. The predicted molar refractivity (Wildman–Crippen MR) is 87.3 cm³/mol. The summed E-state index contributed by atoms with van der Waals surface area (Å²) in [4.78, 5) is 22.3. The van der Waals surface area contributed by atoms with Crippen LogP contribution in [0, 0.1) is 18.8 Å². The highest BCUT2D eigenvalue weighted by atomic mass is 16.5. The first-order chi connectivity index (χ1) is 10.5. The number of carbonyl (C=O) groups excluding carboxylic acids is 1. The van der Waals surface area contributed by atoms with Gasteiger partial charge in [0.15, 0.2) is 6.61 Å². The van der Waals surface area contributed by atoms with E-state index in [-0.39, 0.29) is 12.5 Å². The maximum atomic E-state index is 11.9. The third-order valence-corrected chi connectivity index (χ3v) is 3.11.